The molecule has 1 aliphatic rings. The van der Waals surface area contributed by atoms with Gasteiger partial charge in [-0.3, -0.25) is 0 Å². The number of halogens is 3. The van der Waals surface area contributed by atoms with Gasteiger partial charge in [-0.05, 0) is 29.9 Å². The van der Waals surface area contributed by atoms with E-state index in [1.165, 1.54) is 0 Å². The Morgan fingerprint density at radius 1 is 1.17 bits per heavy atom. The van der Waals surface area contributed by atoms with Crippen molar-refractivity contribution in [2.45, 2.75) is 20.3 Å². The highest BCUT2D eigenvalue weighted by Crippen LogP contribution is 2.30. The zero-order valence-electron chi connectivity index (χ0n) is 10.4. The lowest BCUT2D eigenvalue weighted by molar-refractivity contribution is 0.467. The van der Waals surface area contributed by atoms with Gasteiger partial charge in [-0.2, -0.15) is 0 Å². The molecule has 0 saturated carbocycles. The monoisotopic (exact) mass is 252 g/mol. The van der Waals surface area contributed by atoms with Gasteiger partial charge in [0.25, 0.3) is 0 Å². The van der Waals surface area contributed by atoms with Crippen molar-refractivity contribution in [2.24, 2.45) is 11.8 Å². The molecule has 1 atom stereocenters. The Hall–Kier alpha value is -1.51. The van der Waals surface area contributed by atoms with Crippen LogP contribution < -0.4 is 0 Å². The van der Waals surface area contributed by atoms with Crippen LogP contribution in [0.4, 0.5) is 13.2 Å². The van der Waals surface area contributed by atoms with Crippen LogP contribution in [0.3, 0.4) is 0 Å². The van der Waals surface area contributed by atoms with Gasteiger partial charge in [-0.25, -0.2) is 13.2 Å². The van der Waals surface area contributed by atoms with Crippen LogP contribution in [0.1, 0.15) is 25.8 Å². The fraction of sp³-hybridized carbons (Fsp3) is 0.333. The maximum atomic E-state index is 13.6. The molecular weight excluding hydrogens is 237 g/mol. The average Bonchev–Trinajstić information content (AvgIpc) is 2.34. The summed E-state index contributed by atoms with van der Waals surface area (Å²) in [5.41, 5.74) is 0.536. The van der Waals surface area contributed by atoms with Crippen LogP contribution in [-0.4, -0.2) is 0 Å². The Balaban J connectivity index is 2.33. The van der Waals surface area contributed by atoms with Crippen LogP contribution >= 0.6 is 0 Å². The highest BCUT2D eigenvalue weighted by molar-refractivity contribution is 5.75. The van der Waals surface area contributed by atoms with Gasteiger partial charge in [-0.1, -0.05) is 32.1 Å². The standard InChI is InChI=1S/C15H15F3/c1-9(2)10-3-5-11(6-4-10)13-7-12(16)8-14(17)15(13)18/h3,5-10H,4H2,1-2H3. The normalized spacial score (nSPS) is 19.2. The second-order valence-electron chi connectivity index (χ2n) is 4.91. The molecule has 18 heavy (non-hydrogen) atoms. The molecule has 0 fully saturated rings. The minimum absolute atomic E-state index is 0.00837. The first kappa shape index (κ1) is 12.9. The van der Waals surface area contributed by atoms with E-state index in [4.69, 9.17) is 0 Å². The molecular formula is C15H15F3. The molecule has 2 rings (SSSR count). The third kappa shape index (κ3) is 2.50. The molecule has 0 N–H and O–H groups in total. The first-order valence-corrected chi connectivity index (χ1v) is 6.02. The smallest absolute Gasteiger partial charge is 0.166 e. The predicted octanol–water partition coefficient (Wildman–Crippen LogP) is 4.72. The molecule has 1 unspecified atom stereocenters. The highest BCUT2D eigenvalue weighted by atomic mass is 19.2. The van der Waals surface area contributed by atoms with Crippen LogP contribution in [0.15, 0.2) is 30.4 Å². The lowest BCUT2D eigenvalue weighted by Gasteiger charge is -2.19. The van der Waals surface area contributed by atoms with Gasteiger partial charge in [0.1, 0.15) is 5.82 Å². The fourth-order valence-corrected chi connectivity index (χ4v) is 2.10. The SMILES string of the molecule is CC(C)C1C=CC(c2cc(F)cc(F)c2F)=CC1. The third-order valence-electron chi connectivity index (χ3n) is 3.29. The fourth-order valence-electron chi connectivity index (χ4n) is 2.10. The van der Waals surface area contributed by atoms with Crippen molar-refractivity contribution in [1.29, 1.82) is 0 Å². The van der Waals surface area contributed by atoms with Gasteiger partial charge in [0.05, 0.1) is 0 Å². The Morgan fingerprint density at radius 2 is 1.89 bits per heavy atom. The van der Waals surface area contributed by atoms with Crippen molar-refractivity contribution < 1.29 is 13.2 Å². The maximum absolute atomic E-state index is 13.6. The molecule has 0 nitrogen and oxygen atoms in total. The maximum Gasteiger partial charge on any atom is 0.166 e. The largest absolute Gasteiger partial charge is 0.207 e. The van der Waals surface area contributed by atoms with Crippen molar-refractivity contribution in [1.82, 2.24) is 0 Å². The summed E-state index contributed by atoms with van der Waals surface area (Å²) in [6, 6.07) is 1.59. The predicted molar refractivity (Wildman–Crippen MR) is 66.4 cm³/mol. The topological polar surface area (TPSA) is 0 Å². The van der Waals surface area contributed by atoms with Crippen molar-refractivity contribution >= 4 is 5.57 Å². The summed E-state index contributed by atoms with van der Waals surface area (Å²) >= 11 is 0. The van der Waals surface area contributed by atoms with Crippen molar-refractivity contribution in [3.8, 4) is 0 Å². The van der Waals surface area contributed by atoms with Crippen LogP contribution in [0, 0.1) is 29.3 Å². The number of rotatable bonds is 2. The van der Waals surface area contributed by atoms with E-state index in [0.29, 0.717) is 23.5 Å². The minimum atomic E-state index is -1.15. The Kier molecular flexibility index (Phi) is 3.60. The van der Waals surface area contributed by atoms with E-state index >= 15 is 0 Å². The van der Waals surface area contributed by atoms with E-state index in [1.807, 2.05) is 12.2 Å². The van der Waals surface area contributed by atoms with E-state index in [2.05, 4.69) is 13.8 Å². The van der Waals surface area contributed by atoms with Gasteiger partial charge >= 0.3 is 0 Å². The minimum Gasteiger partial charge on any atom is -0.207 e. The van der Waals surface area contributed by atoms with Crippen LogP contribution in [-0.2, 0) is 0 Å². The van der Waals surface area contributed by atoms with E-state index in [9.17, 15) is 13.2 Å². The summed E-state index contributed by atoms with van der Waals surface area (Å²) in [6.45, 7) is 4.21. The van der Waals surface area contributed by atoms with E-state index in [1.54, 1.807) is 6.08 Å². The van der Waals surface area contributed by atoms with E-state index < -0.39 is 17.5 Å². The van der Waals surface area contributed by atoms with Gasteiger partial charge in [0.2, 0.25) is 0 Å². The molecule has 0 heterocycles. The Labute approximate surface area is 105 Å². The van der Waals surface area contributed by atoms with Gasteiger partial charge in [0, 0.05) is 11.6 Å². The molecule has 96 valence electrons. The molecule has 3 heteroatoms. The molecule has 0 radical (unpaired) electrons. The van der Waals surface area contributed by atoms with Gasteiger partial charge < -0.3 is 0 Å². The molecule has 1 aromatic carbocycles. The average molecular weight is 252 g/mol. The zero-order valence-corrected chi connectivity index (χ0v) is 10.4. The van der Waals surface area contributed by atoms with Crippen molar-refractivity contribution in [2.75, 3.05) is 0 Å². The van der Waals surface area contributed by atoms with E-state index in [0.717, 1.165) is 12.5 Å². The summed E-state index contributed by atoms with van der Waals surface area (Å²) in [5, 5.41) is 0. The van der Waals surface area contributed by atoms with Crippen LogP contribution in [0.25, 0.3) is 5.57 Å². The summed E-state index contributed by atoms with van der Waals surface area (Å²) in [4.78, 5) is 0. The van der Waals surface area contributed by atoms with Gasteiger partial charge in [0.15, 0.2) is 11.6 Å². The summed E-state index contributed by atoms with van der Waals surface area (Å²) in [5.74, 6) is -2.01. The van der Waals surface area contributed by atoms with Crippen LogP contribution in [0.5, 0.6) is 0 Å². The molecule has 1 aliphatic carbocycles. The van der Waals surface area contributed by atoms with Crippen molar-refractivity contribution in [3.05, 3.63) is 53.4 Å². The molecule has 1 aromatic rings. The third-order valence-corrected chi connectivity index (χ3v) is 3.29. The van der Waals surface area contributed by atoms with E-state index in [-0.39, 0.29) is 5.56 Å². The number of hydrogen-bond donors (Lipinski definition) is 0. The quantitative estimate of drug-likeness (QED) is 0.668. The summed E-state index contributed by atoms with van der Waals surface area (Å²) in [6.07, 6.45) is 6.32. The Bertz CT molecular complexity index is 513. The molecule has 0 bridgehead atoms. The van der Waals surface area contributed by atoms with Crippen molar-refractivity contribution in [3.63, 3.8) is 0 Å². The highest BCUT2D eigenvalue weighted by Gasteiger charge is 2.17. The summed E-state index contributed by atoms with van der Waals surface area (Å²) in [7, 11) is 0. The molecule has 0 amide bonds. The summed E-state index contributed by atoms with van der Waals surface area (Å²) < 4.78 is 39.8. The second-order valence-corrected chi connectivity index (χ2v) is 4.91. The first-order chi connectivity index (χ1) is 8.49. The molecule has 0 aromatic heterocycles. The number of allylic oxidation sites excluding steroid dienone is 4. The van der Waals surface area contributed by atoms with Gasteiger partial charge in [-0.15, -0.1) is 0 Å². The first-order valence-electron chi connectivity index (χ1n) is 6.02. The number of hydrogen-bond acceptors (Lipinski definition) is 0. The van der Waals surface area contributed by atoms with Crippen LogP contribution in [0.2, 0.25) is 0 Å². The Morgan fingerprint density at radius 3 is 2.44 bits per heavy atom. The molecule has 0 spiro atoms. The second kappa shape index (κ2) is 5.01. The zero-order chi connectivity index (χ0) is 13.3. The number of benzene rings is 1. The lowest BCUT2D eigenvalue weighted by Crippen LogP contribution is -2.07. The molecule has 0 aliphatic heterocycles. The lowest BCUT2D eigenvalue weighted by atomic mass is 9.86. The molecule has 0 saturated heterocycles.